The van der Waals surface area contributed by atoms with Crippen molar-refractivity contribution in [1.29, 1.82) is 0 Å². The molecular weight excluding hydrogens is 240 g/mol. The van der Waals surface area contributed by atoms with Gasteiger partial charge in [0.2, 0.25) is 0 Å². The summed E-state index contributed by atoms with van der Waals surface area (Å²) in [7, 11) is -2.72. The highest BCUT2D eigenvalue weighted by atomic mass is 28.4. The Balaban J connectivity index is 4.34. The molecule has 0 N–H and O–H groups in total. The molecule has 0 rings (SSSR count). The molecule has 0 aromatic carbocycles. The average Bonchev–Trinajstić information content (AvgIpc) is 2.16. The maximum absolute atomic E-state index is 11.3. The lowest BCUT2D eigenvalue weighted by molar-refractivity contribution is -0.162. The van der Waals surface area contributed by atoms with Crippen LogP contribution in [0.2, 0.25) is 6.55 Å². The van der Waals surface area contributed by atoms with Gasteiger partial charge in [-0.25, -0.2) is 4.79 Å². The molecule has 5 nitrogen and oxygen atoms in total. The quantitative estimate of drug-likeness (QED) is 0.290. The van der Waals surface area contributed by atoms with Gasteiger partial charge in [-0.2, -0.15) is 0 Å². The maximum atomic E-state index is 11.3. The number of hydrogen-bond acceptors (Lipinski definition) is 5. The predicted molar refractivity (Wildman–Crippen MR) is 66.3 cm³/mol. The van der Waals surface area contributed by atoms with Crippen LogP contribution in [0, 0.1) is 0 Å². The number of esters is 1. The smallest absolute Gasteiger partial charge is 0.434 e. The van der Waals surface area contributed by atoms with Crippen LogP contribution in [0.5, 0.6) is 0 Å². The van der Waals surface area contributed by atoms with Crippen LogP contribution in [0.4, 0.5) is 0 Å². The van der Waals surface area contributed by atoms with Gasteiger partial charge in [0.1, 0.15) is 0 Å². The third-order valence-corrected chi connectivity index (χ3v) is 4.20. The second-order valence-electron chi connectivity index (χ2n) is 3.60. The molecule has 0 heterocycles. The van der Waals surface area contributed by atoms with Gasteiger partial charge in [-0.1, -0.05) is 6.58 Å². The summed E-state index contributed by atoms with van der Waals surface area (Å²) < 4.78 is 21.5. The number of hydrogen-bond donors (Lipinski definition) is 0. The van der Waals surface area contributed by atoms with Crippen LogP contribution in [0.15, 0.2) is 12.2 Å². The third kappa shape index (κ3) is 6.57. The summed E-state index contributed by atoms with van der Waals surface area (Å²) in [6.45, 7) is 13.2. The van der Waals surface area contributed by atoms with Gasteiger partial charge in [0.05, 0.1) is 0 Å². The van der Waals surface area contributed by atoms with Crippen molar-refractivity contribution >= 4 is 14.8 Å². The molecule has 0 saturated heterocycles. The lowest BCUT2D eigenvalue weighted by Gasteiger charge is -2.28. The van der Waals surface area contributed by atoms with E-state index in [1.54, 1.807) is 20.4 Å². The molecular formula is C11H22O5Si. The fourth-order valence-corrected chi connectivity index (χ4v) is 3.13. The largest absolute Gasteiger partial charge is 0.500 e. The van der Waals surface area contributed by atoms with Gasteiger partial charge in [0.25, 0.3) is 0 Å². The molecule has 100 valence electrons. The Kier molecular flexibility index (Phi) is 7.29. The van der Waals surface area contributed by atoms with Gasteiger partial charge < -0.3 is 18.0 Å². The van der Waals surface area contributed by atoms with Crippen molar-refractivity contribution in [2.45, 2.75) is 40.5 Å². The van der Waals surface area contributed by atoms with Crippen LogP contribution in [-0.4, -0.2) is 34.3 Å². The van der Waals surface area contributed by atoms with Gasteiger partial charge in [-0.3, -0.25) is 0 Å². The van der Waals surface area contributed by atoms with E-state index in [1.807, 2.05) is 13.8 Å². The van der Waals surface area contributed by atoms with Crippen LogP contribution < -0.4 is 0 Å². The lowest BCUT2D eigenvalue weighted by atomic mass is 10.4. The van der Waals surface area contributed by atoms with Crippen molar-refractivity contribution in [2.75, 3.05) is 13.2 Å². The molecule has 0 saturated carbocycles. The van der Waals surface area contributed by atoms with Gasteiger partial charge in [-0.05, 0) is 27.7 Å². The van der Waals surface area contributed by atoms with E-state index in [2.05, 4.69) is 6.58 Å². The van der Waals surface area contributed by atoms with Gasteiger partial charge in [0, 0.05) is 25.3 Å². The lowest BCUT2D eigenvalue weighted by Crippen LogP contribution is -2.46. The summed E-state index contributed by atoms with van der Waals surface area (Å²) in [5, 5.41) is 0. The van der Waals surface area contributed by atoms with Crippen molar-refractivity contribution in [2.24, 2.45) is 0 Å². The van der Waals surface area contributed by atoms with E-state index in [4.69, 9.17) is 18.0 Å². The minimum Gasteiger partial charge on any atom is -0.434 e. The molecule has 1 unspecified atom stereocenters. The van der Waals surface area contributed by atoms with E-state index in [0.717, 1.165) is 0 Å². The Labute approximate surface area is 104 Å². The van der Waals surface area contributed by atoms with E-state index in [-0.39, 0.29) is 0 Å². The molecule has 0 aromatic rings. The molecule has 0 fully saturated rings. The third-order valence-electron chi connectivity index (χ3n) is 1.81. The van der Waals surface area contributed by atoms with Crippen molar-refractivity contribution < 1.29 is 22.8 Å². The second-order valence-corrected chi connectivity index (χ2v) is 6.14. The summed E-state index contributed by atoms with van der Waals surface area (Å²) in [5.41, 5.74) is 0.330. The Bertz CT molecular complexity index is 261. The molecule has 0 aliphatic carbocycles. The minimum atomic E-state index is -2.72. The minimum absolute atomic E-state index is 0.330. The number of rotatable bonds is 8. The molecule has 0 aliphatic rings. The fourth-order valence-electron chi connectivity index (χ4n) is 1.21. The summed E-state index contributed by atoms with van der Waals surface area (Å²) in [5.74, 6) is -0.484. The van der Waals surface area contributed by atoms with Crippen molar-refractivity contribution in [3.63, 3.8) is 0 Å². The fraction of sp³-hybridized carbons (Fsp3) is 0.727. The second kappa shape index (κ2) is 7.60. The zero-order valence-electron chi connectivity index (χ0n) is 11.2. The Morgan fingerprint density at radius 2 is 1.76 bits per heavy atom. The SMILES string of the molecule is C=C(C)C(=O)OC(C)O[Si](C)(OCC)OCC. The van der Waals surface area contributed by atoms with E-state index in [0.29, 0.717) is 18.8 Å². The van der Waals surface area contributed by atoms with E-state index in [9.17, 15) is 4.79 Å². The highest BCUT2D eigenvalue weighted by Crippen LogP contribution is 2.13. The van der Waals surface area contributed by atoms with E-state index in [1.165, 1.54) is 0 Å². The Hall–Kier alpha value is -0.693. The Morgan fingerprint density at radius 3 is 2.12 bits per heavy atom. The number of ether oxygens (including phenoxy) is 1. The highest BCUT2D eigenvalue weighted by molar-refractivity contribution is 6.59. The topological polar surface area (TPSA) is 54.0 Å². The van der Waals surface area contributed by atoms with E-state index < -0.39 is 21.1 Å². The number of carbonyl (C=O) groups is 1. The molecule has 0 radical (unpaired) electrons. The molecule has 6 heteroatoms. The van der Waals surface area contributed by atoms with Crippen molar-refractivity contribution in [1.82, 2.24) is 0 Å². The van der Waals surface area contributed by atoms with Gasteiger partial charge in [-0.15, -0.1) is 0 Å². The van der Waals surface area contributed by atoms with Crippen LogP contribution in [0.1, 0.15) is 27.7 Å². The maximum Gasteiger partial charge on any atom is 0.500 e. The number of carbonyl (C=O) groups excluding carboxylic acids is 1. The molecule has 1 atom stereocenters. The predicted octanol–water partition coefficient (Wildman–Crippen LogP) is 2.11. The monoisotopic (exact) mass is 262 g/mol. The van der Waals surface area contributed by atoms with Gasteiger partial charge >= 0.3 is 14.8 Å². The summed E-state index contributed by atoms with van der Waals surface area (Å²) in [6.07, 6.45) is -0.714. The first-order valence-corrected chi connectivity index (χ1v) is 7.89. The molecule has 0 aromatic heterocycles. The average molecular weight is 262 g/mol. The van der Waals surface area contributed by atoms with E-state index >= 15 is 0 Å². The van der Waals surface area contributed by atoms with Crippen molar-refractivity contribution in [3.8, 4) is 0 Å². The molecule has 0 amide bonds. The van der Waals surface area contributed by atoms with Crippen molar-refractivity contribution in [3.05, 3.63) is 12.2 Å². The zero-order valence-corrected chi connectivity index (χ0v) is 12.2. The first kappa shape index (κ1) is 16.3. The van der Waals surface area contributed by atoms with Crippen LogP contribution >= 0.6 is 0 Å². The van der Waals surface area contributed by atoms with Crippen LogP contribution in [0.3, 0.4) is 0 Å². The Morgan fingerprint density at radius 1 is 1.29 bits per heavy atom. The first-order chi connectivity index (χ1) is 7.84. The first-order valence-electron chi connectivity index (χ1n) is 5.66. The summed E-state index contributed by atoms with van der Waals surface area (Å²) in [4.78, 5) is 11.3. The standard InChI is InChI=1S/C11H22O5Si/c1-7-13-17(6,14-8-2)16-10(5)15-11(12)9(3)4/h10H,3,7-8H2,1-2,4-6H3. The highest BCUT2D eigenvalue weighted by Gasteiger charge is 2.37. The molecule has 0 bridgehead atoms. The summed E-state index contributed by atoms with van der Waals surface area (Å²) in [6, 6.07) is 0. The van der Waals surface area contributed by atoms with Crippen LogP contribution in [0.25, 0.3) is 0 Å². The summed E-state index contributed by atoms with van der Waals surface area (Å²) >= 11 is 0. The van der Waals surface area contributed by atoms with Crippen LogP contribution in [-0.2, 0) is 22.8 Å². The molecule has 0 spiro atoms. The van der Waals surface area contributed by atoms with Gasteiger partial charge in [0.15, 0.2) is 6.29 Å². The molecule has 0 aliphatic heterocycles. The normalized spacial score (nSPS) is 13.2. The molecule has 17 heavy (non-hydrogen) atoms. The zero-order chi connectivity index (χ0) is 13.5.